The van der Waals surface area contributed by atoms with Crippen LogP contribution in [0.5, 0.6) is 0 Å². The SMILES string of the molecule is CCOC(=O)/C=C1\SCC(=O)N1CCOC(=O)c1ccoc1C. The highest BCUT2D eigenvalue weighted by molar-refractivity contribution is 8.04. The highest BCUT2D eigenvalue weighted by Crippen LogP contribution is 2.28. The minimum Gasteiger partial charge on any atom is -0.469 e. The lowest BCUT2D eigenvalue weighted by Crippen LogP contribution is -2.29. The molecule has 1 aliphatic rings. The van der Waals surface area contributed by atoms with Gasteiger partial charge < -0.3 is 18.8 Å². The van der Waals surface area contributed by atoms with Crippen molar-refractivity contribution in [2.24, 2.45) is 0 Å². The average molecular weight is 339 g/mol. The molecule has 8 heteroatoms. The molecule has 23 heavy (non-hydrogen) atoms. The van der Waals surface area contributed by atoms with Crippen molar-refractivity contribution in [1.29, 1.82) is 0 Å². The molecule has 0 radical (unpaired) electrons. The molecule has 2 heterocycles. The Kier molecular flexibility index (Phi) is 5.86. The quantitative estimate of drug-likeness (QED) is 0.576. The van der Waals surface area contributed by atoms with Crippen LogP contribution in [0.25, 0.3) is 0 Å². The van der Waals surface area contributed by atoms with Gasteiger partial charge in [-0.15, -0.1) is 0 Å². The van der Waals surface area contributed by atoms with Gasteiger partial charge in [-0.3, -0.25) is 4.79 Å². The second-order valence-electron chi connectivity index (χ2n) is 4.60. The molecule has 124 valence electrons. The standard InChI is InChI=1S/C15H17NO6S/c1-3-20-14(18)8-13-16(12(17)9-23-13)5-7-22-15(19)11-4-6-21-10(11)2/h4,6,8H,3,5,7,9H2,1-2H3/b13-8-. The number of amides is 1. The van der Waals surface area contributed by atoms with Crippen LogP contribution in [0, 0.1) is 6.92 Å². The highest BCUT2D eigenvalue weighted by atomic mass is 32.2. The van der Waals surface area contributed by atoms with E-state index < -0.39 is 11.9 Å². The smallest absolute Gasteiger partial charge is 0.341 e. The topological polar surface area (TPSA) is 86.0 Å². The van der Waals surface area contributed by atoms with Crippen molar-refractivity contribution in [2.75, 3.05) is 25.5 Å². The van der Waals surface area contributed by atoms with Crippen LogP contribution in [0.3, 0.4) is 0 Å². The molecule has 0 saturated carbocycles. The van der Waals surface area contributed by atoms with E-state index in [2.05, 4.69) is 0 Å². The Bertz CT molecular complexity index is 636. The molecule has 1 fully saturated rings. The number of thioether (sulfide) groups is 1. The predicted molar refractivity (Wildman–Crippen MR) is 82.6 cm³/mol. The Labute approximate surface area is 137 Å². The van der Waals surface area contributed by atoms with Gasteiger partial charge in [0.2, 0.25) is 5.91 Å². The number of carbonyl (C=O) groups is 3. The van der Waals surface area contributed by atoms with Gasteiger partial charge in [-0.25, -0.2) is 9.59 Å². The Morgan fingerprint density at radius 2 is 2.22 bits per heavy atom. The number of ether oxygens (including phenoxy) is 2. The molecular weight excluding hydrogens is 322 g/mol. The third kappa shape index (κ3) is 4.38. The Balaban J connectivity index is 1.90. The summed E-state index contributed by atoms with van der Waals surface area (Å²) in [5.41, 5.74) is 0.356. The van der Waals surface area contributed by atoms with Gasteiger partial charge in [0, 0.05) is 0 Å². The zero-order chi connectivity index (χ0) is 16.8. The van der Waals surface area contributed by atoms with Crippen LogP contribution >= 0.6 is 11.8 Å². The molecular formula is C15H17NO6S. The normalized spacial score (nSPS) is 16.0. The van der Waals surface area contributed by atoms with Gasteiger partial charge in [0.25, 0.3) is 0 Å². The van der Waals surface area contributed by atoms with E-state index in [4.69, 9.17) is 13.9 Å². The van der Waals surface area contributed by atoms with Crippen LogP contribution in [0.15, 0.2) is 27.9 Å². The third-order valence-electron chi connectivity index (χ3n) is 3.07. The fourth-order valence-corrected chi connectivity index (χ4v) is 2.91. The maximum atomic E-state index is 11.8. The minimum absolute atomic E-state index is 0.0237. The number of nitrogens with zero attached hydrogens (tertiary/aromatic N) is 1. The fourth-order valence-electron chi connectivity index (χ4n) is 1.96. The Morgan fingerprint density at radius 1 is 1.43 bits per heavy atom. The van der Waals surface area contributed by atoms with Gasteiger partial charge in [0.15, 0.2) is 0 Å². The molecule has 1 amide bonds. The van der Waals surface area contributed by atoms with Gasteiger partial charge in [0.1, 0.15) is 17.9 Å². The van der Waals surface area contributed by atoms with Gasteiger partial charge in [0.05, 0.1) is 36.3 Å². The van der Waals surface area contributed by atoms with E-state index in [-0.39, 0.29) is 31.4 Å². The summed E-state index contributed by atoms with van der Waals surface area (Å²) < 4.78 is 15.0. The summed E-state index contributed by atoms with van der Waals surface area (Å²) in [5, 5.41) is 0.504. The second kappa shape index (κ2) is 7.87. The van der Waals surface area contributed by atoms with E-state index >= 15 is 0 Å². The van der Waals surface area contributed by atoms with E-state index in [0.29, 0.717) is 16.4 Å². The summed E-state index contributed by atoms with van der Waals surface area (Å²) in [4.78, 5) is 36.6. The minimum atomic E-state index is -0.508. The van der Waals surface area contributed by atoms with E-state index in [1.807, 2.05) is 0 Å². The lowest BCUT2D eigenvalue weighted by atomic mass is 10.3. The van der Waals surface area contributed by atoms with Crippen LogP contribution in [0.4, 0.5) is 0 Å². The van der Waals surface area contributed by atoms with Crippen LogP contribution in [-0.2, 0) is 19.1 Å². The molecule has 7 nitrogen and oxygen atoms in total. The first-order valence-corrected chi connectivity index (χ1v) is 8.04. The Morgan fingerprint density at radius 3 is 2.87 bits per heavy atom. The van der Waals surface area contributed by atoms with Gasteiger partial charge in [-0.05, 0) is 19.9 Å². The molecule has 0 atom stereocenters. The van der Waals surface area contributed by atoms with E-state index in [1.165, 1.54) is 35.1 Å². The molecule has 1 saturated heterocycles. The first-order chi connectivity index (χ1) is 11.0. The lowest BCUT2D eigenvalue weighted by molar-refractivity contribution is -0.137. The molecule has 0 bridgehead atoms. The third-order valence-corrected chi connectivity index (χ3v) is 4.09. The van der Waals surface area contributed by atoms with Gasteiger partial charge in [-0.2, -0.15) is 0 Å². The molecule has 0 aliphatic carbocycles. The van der Waals surface area contributed by atoms with Gasteiger partial charge in [-0.1, -0.05) is 11.8 Å². The van der Waals surface area contributed by atoms with Crippen LogP contribution in [-0.4, -0.2) is 48.3 Å². The summed E-state index contributed by atoms with van der Waals surface area (Å²) in [7, 11) is 0. The van der Waals surface area contributed by atoms with Crippen LogP contribution in [0.2, 0.25) is 0 Å². The predicted octanol–water partition coefficient (Wildman–Crippen LogP) is 1.72. The number of hydrogen-bond donors (Lipinski definition) is 0. The summed E-state index contributed by atoms with van der Waals surface area (Å²) in [6.07, 6.45) is 2.69. The first-order valence-electron chi connectivity index (χ1n) is 7.05. The van der Waals surface area contributed by atoms with Crippen molar-refractivity contribution in [1.82, 2.24) is 4.90 Å². The second-order valence-corrected chi connectivity index (χ2v) is 5.59. The molecule has 1 aliphatic heterocycles. The van der Waals surface area contributed by atoms with Crippen molar-refractivity contribution in [3.05, 3.63) is 34.8 Å². The summed E-state index contributed by atoms with van der Waals surface area (Å²) >= 11 is 1.25. The fraction of sp³-hybridized carbons (Fsp3) is 0.400. The molecule has 2 rings (SSSR count). The van der Waals surface area contributed by atoms with Crippen molar-refractivity contribution in [3.63, 3.8) is 0 Å². The summed E-state index contributed by atoms with van der Waals surface area (Å²) in [6, 6.07) is 1.53. The number of aryl methyl sites for hydroxylation is 1. The maximum Gasteiger partial charge on any atom is 0.341 e. The monoisotopic (exact) mass is 339 g/mol. The van der Waals surface area contributed by atoms with Crippen LogP contribution in [0.1, 0.15) is 23.0 Å². The van der Waals surface area contributed by atoms with E-state index in [9.17, 15) is 14.4 Å². The van der Waals surface area contributed by atoms with Crippen molar-refractivity contribution < 1.29 is 28.3 Å². The van der Waals surface area contributed by atoms with Crippen molar-refractivity contribution >= 4 is 29.6 Å². The molecule has 0 spiro atoms. The average Bonchev–Trinajstić information content (AvgIpc) is 3.07. The van der Waals surface area contributed by atoms with Crippen molar-refractivity contribution in [2.45, 2.75) is 13.8 Å². The highest BCUT2D eigenvalue weighted by Gasteiger charge is 2.27. The number of hydrogen-bond acceptors (Lipinski definition) is 7. The Hall–Kier alpha value is -2.22. The largest absolute Gasteiger partial charge is 0.469 e. The summed E-state index contributed by atoms with van der Waals surface area (Å²) in [6.45, 7) is 3.84. The number of rotatable bonds is 6. The number of carbonyl (C=O) groups excluding carboxylic acids is 3. The first kappa shape index (κ1) is 17.1. The number of esters is 2. The molecule has 1 aromatic heterocycles. The van der Waals surface area contributed by atoms with Crippen LogP contribution < -0.4 is 0 Å². The van der Waals surface area contributed by atoms with Gasteiger partial charge >= 0.3 is 11.9 Å². The van der Waals surface area contributed by atoms with Crippen molar-refractivity contribution in [3.8, 4) is 0 Å². The number of furan rings is 1. The molecule has 0 unspecified atom stereocenters. The maximum absolute atomic E-state index is 11.8. The molecule has 0 aromatic carbocycles. The summed E-state index contributed by atoms with van der Waals surface area (Å²) in [5.74, 6) is -0.418. The van der Waals surface area contributed by atoms with E-state index in [0.717, 1.165) is 0 Å². The zero-order valence-electron chi connectivity index (χ0n) is 12.9. The lowest BCUT2D eigenvalue weighted by Gasteiger charge is -2.16. The molecule has 0 N–H and O–H groups in total. The molecule has 1 aromatic rings. The van der Waals surface area contributed by atoms with E-state index in [1.54, 1.807) is 13.8 Å². The zero-order valence-corrected chi connectivity index (χ0v) is 13.7.